The smallest absolute Gasteiger partial charge is 0.219 e. The molecule has 0 aromatic heterocycles. The average Bonchev–Trinajstić information content (AvgIpc) is 3.76. The predicted octanol–water partition coefficient (Wildman–Crippen LogP) is -5.94. The fraction of sp³-hybridized carbons (Fsp3) is 0.417. The van der Waals surface area contributed by atoms with Crippen molar-refractivity contribution < 1.29 is 130 Å². The molecule has 2 fully saturated rings. The van der Waals surface area contributed by atoms with Gasteiger partial charge in [0.05, 0.1) is 36.9 Å². The van der Waals surface area contributed by atoms with E-state index in [0.29, 0.717) is 6.08 Å². The highest BCUT2D eigenvalue weighted by molar-refractivity contribution is 6.31. The molecule has 17 atom stereocenters. The number of benzene rings is 2. The molecule has 74 heavy (non-hydrogen) atoms. The molecule has 26 nitrogen and oxygen atoms in total. The largest absolute Gasteiger partial charge is 0.508 e. The zero-order chi connectivity index (χ0) is 54.6. The summed E-state index contributed by atoms with van der Waals surface area (Å²) in [6, 6.07) is 9.87. The number of hydrogen-bond donors (Lipinski definition) is 19. The lowest BCUT2D eigenvalue weighted by atomic mass is 9.63. The lowest BCUT2D eigenvalue weighted by molar-refractivity contribution is -0.260. The van der Waals surface area contributed by atoms with Gasteiger partial charge in [-0.2, -0.15) is 0 Å². The van der Waals surface area contributed by atoms with E-state index in [1.807, 2.05) is 0 Å². The number of phenolic OH excluding ortho intramolecular Hbond substituents is 2. The van der Waals surface area contributed by atoms with Gasteiger partial charge in [0.1, 0.15) is 131 Å². The van der Waals surface area contributed by atoms with Crippen LogP contribution in [0.2, 0.25) is 0 Å². The molecule has 0 saturated carbocycles. The lowest BCUT2D eigenvalue weighted by Gasteiger charge is -2.47. The Bertz CT molecular complexity index is 2720. The average molecular weight is 1040 g/mol. The number of aliphatic hydroxyl groups excluding tert-OH is 15. The normalized spacial score (nSPS) is 36.6. The van der Waals surface area contributed by atoms with E-state index in [4.69, 9.17) is 14.2 Å². The van der Waals surface area contributed by atoms with Crippen LogP contribution in [0.3, 0.4) is 0 Å². The van der Waals surface area contributed by atoms with E-state index in [1.165, 1.54) is 48.5 Å². The third kappa shape index (κ3) is 9.12. The molecule has 3 heterocycles. The Morgan fingerprint density at radius 1 is 0.568 bits per heavy atom. The maximum atomic E-state index is 15.4. The monoisotopic (exact) mass is 1040 g/mol. The fourth-order valence-corrected chi connectivity index (χ4v) is 9.42. The van der Waals surface area contributed by atoms with Crippen LogP contribution in [0.15, 0.2) is 106 Å². The second kappa shape index (κ2) is 21.2. The van der Waals surface area contributed by atoms with Crippen LogP contribution in [0, 0.1) is 5.92 Å². The van der Waals surface area contributed by atoms with Gasteiger partial charge in [-0.15, -0.1) is 0 Å². The van der Waals surface area contributed by atoms with Crippen LogP contribution in [0.4, 0.5) is 0 Å². The molecule has 5 aliphatic rings. The molecule has 2 aromatic carbocycles. The standard InChI is InChI=1S/C48H52O26/c49-13-22(56)30(57)36(63)40-27(28-33(60)25(20(54)11-5-16-1-7-18(52)8-2-16)41(66)47(70,43(28)68)45-37(64)34(61)31(58)23(14-50)72-45)29-39(74-40)26(21(55)12-6-17-3-9-19(53)10-4-17)42(67)48(71,44(29)69)46-38(65)35(62)32(59)24(15-51)73-46/h1-12,22-24,27,30-32,34-38,40,45-46,49-65,70-71H,13-15H2/b11-5+,12-6+,25-20?,26-21?/t22-,23-,24-,27?,30-,31-,32-,34+,35+,36+,37-,38-,40+,45?,46?,47-,48-/m1/s1. The number of hydrogen-bond acceptors (Lipinski definition) is 26. The van der Waals surface area contributed by atoms with Gasteiger partial charge >= 0.3 is 0 Å². The Labute approximate surface area is 416 Å². The first-order valence-electron chi connectivity index (χ1n) is 22.4. The first-order valence-corrected chi connectivity index (χ1v) is 22.4. The second-order valence-corrected chi connectivity index (χ2v) is 18.0. The summed E-state index contributed by atoms with van der Waals surface area (Å²) in [7, 11) is 0. The summed E-state index contributed by atoms with van der Waals surface area (Å²) >= 11 is 0. The Hall–Kier alpha value is -6.28. The van der Waals surface area contributed by atoms with E-state index in [2.05, 4.69) is 0 Å². The molecule has 2 aromatic rings. The Morgan fingerprint density at radius 2 is 0.973 bits per heavy atom. The fourth-order valence-electron chi connectivity index (χ4n) is 9.42. The second-order valence-electron chi connectivity index (χ2n) is 18.0. The molecule has 0 bridgehead atoms. The minimum absolute atomic E-state index is 0.157. The van der Waals surface area contributed by atoms with Gasteiger partial charge in [0, 0.05) is 0 Å². The van der Waals surface area contributed by atoms with Gasteiger partial charge < -0.3 is 111 Å². The van der Waals surface area contributed by atoms with Gasteiger partial charge in [-0.3, -0.25) is 19.2 Å². The summed E-state index contributed by atoms with van der Waals surface area (Å²) < 4.78 is 16.8. The highest BCUT2D eigenvalue weighted by atomic mass is 16.6. The molecule has 0 amide bonds. The van der Waals surface area contributed by atoms with E-state index < -0.39 is 191 Å². The molecule has 0 radical (unpaired) electrons. The number of carbonyl (C=O) groups excluding carboxylic acids is 4. The molecule has 3 unspecified atom stereocenters. The molecule has 7 rings (SSSR count). The number of ketones is 4. The number of aliphatic hydroxyl groups is 17. The van der Waals surface area contributed by atoms with Crippen LogP contribution in [0.5, 0.6) is 11.5 Å². The number of aromatic hydroxyl groups is 2. The van der Waals surface area contributed by atoms with Gasteiger partial charge in [0.15, 0.2) is 0 Å². The van der Waals surface area contributed by atoms with Crippen LogP contribution in [0.1, 0.15) is 11.1 Å². The van der Waals surface area contributed by atoms with Crippen molar-refractivity contribution in [3.05, 3.63) is 117 Å². The molecule has 26 heteroatoms. The minimum atomic E-state index is -4.14. The van der Waals surface area contributed by atoms with Crippen LogP contribution in [0.25, 0.3) is 12.2 Å². The van der Waals surface area contributed by atoms with Crippen molar-refractivity contribution in [2.75, 3.05) is 19.8 Å². The SMILES string of the molecule is O=C1C(=C(O)/C=C/c2ccc(O)cc2)C(O)=C(C2C3=C(O[C@@H]2[C@@H](O)[C@H](O)[C@H](O)CO)C(=C(O)/C=C/c2ccc(O)cc2)C(=O)[C@](O)(C2O[C@H](CO)[C@@H](O)[C@H](O)[C@H]2O)C3=O)C(=O)[C@@]1(O)C1O[C@H](CO)[C@@H](O)[C@H](O)[C@H]1O. The van der Waals surface area contributed by atoms with E-state index in [1.54, 1.807) is 0 Å². The maximum Gasteiger partial charge on any atom is 0.219 e. The highest BCUT2D eigenvalue weighted by Gasteiger charge is 2.70. The maximum absolute atomic E-state index is 15.4. The third-order valence-electron chi connectivity index (χ3n) is 13.5. The zero-order valence-corrected chi connectivity index (χ0v) is 38.1. The highest BCUT2D eigenvalue weighted by Crippen LogP contribution is 2.53. The zero-order valence-electron chi connectivity index (χ0n) is 38.1. The van der Waals surface area contributed by atoms with Crippen LogP contribution >= 0.6 is 0 Å². The summed E-state index contributed by atoms with van der Waals surface area (Å²) in [5.41, 5.74) is -13.8. The Morgan fingerprint density at radius 3 is 1.39 bits per heavy atom. The summed E-state index contributed by atoms with van der Waals surface area (Å²) in [6.45, 7) is -3.83. The summed E-state index contributed by atoms with van der Waals surface area (Å²) in [5.74, 6) is -17.5. The quantitative estimate of drug-likeness (QED) is 0.0504. The van der Waals surface area contributed by atoms with Gasteiger partial charge in [0.25, 0.3) is 0 Å². The number of allylic oxidation sites excluding steroid dienone is 4. The molecular weight excluding hydrogens is 993 g/mol. The number of carbonyl (C=O) groups is 4. The van der Waals surface area contributed by atoms with Gasteiger partial charge in [0.2, 0.25) is 34.3 Å². The van der Waals surface area contributed by atoms with E-state index in [-0.39, 0.29) is 22.6 Å². The van der Waals surface area contributed by atoms with Crippen molar-refractivity contribution in [3.63, 3.8) is 0 Å². The van der Waals surface area contributed by atoms with Crippen LogP contribution < -0.4 is 0 Å². The number of Topliss-reactive ketones (excluding diaryl/α,β-unsaturated/α-hetero) is 4. The van der Waals surface area contributed by atoms with E-state index in [9.17, 15) is 107 Å². The van der Waals surface area contributed by atoms with Gasteiger partial charge in [-0.25, -0.2) is 0 Å². The summed E-state index contributed by atoms with van der Waals surface area (Å²) in [5, 5.41) is 210. The number of ether oxygens (including phenoxy) is 3. The third-order valence-corrected chi connectivity index (χ3v) is 13.5. The first-order chi connectivity index (χ1) is 34.8. The predicted molar refractivity (Wildman–Crippen MR) is 241 cm³/mol. The van der Waals surface area contributed by atoms with E-state index in [0.717, 1.165) is 18.2 Å². The molecule has 2 saturated heterocycles. The summed E-state index contributed by atoms with van der Waals surface area (Å²) in [6.07, 6.45) is -31.6. The molecule has 400 valence electrons. The van der Waals surface area contributed by atoms with Crippen LogP contribution in [-0.4, -0.2) is 237 Å². The topological polar surface area (TPSA) is 480 Å². The van der Waals surface area contributed by atoms with Crippen LogP contribution in [-0.2, 0) is 33.4 Å². The van der Waals surface area contributed by atoms with Crippen molar-refractivity contribution >= 4 is 35.3 Å². The molecule has 19 N–H and O–H groups in total. The number of rotatable bonds is 13. The van der Waals surface area contributed by atoms with Gasteiger partial charge in [-0.1, -0.05) is 36.4 Å². The molecule has 2 aliphatic carbocycles. The molecule has 3 aliphatic heterocycles. The molecular formula is C48H52O26. The van der Waals surface area contributed by atoms with Crippen molar-refractivity contribution in [2.45, 2.75) is 96.7 Å². The van der Waals surface area contributed by atoms with E-state index >= 15 is 9.59 Å². The Kier molecular flexibility index (Phi) is 15.9. The minimum Gasteiger partial charge on any atom is -0.508 e. The first kappa shape index (κ1) is 55.5. The summed E-state index contributed by atoms with van der Waals surface area (Å²) in [4.78, 5) is 60.5. The van der Waals surface area contributed by atoms with Crippen molar-refractivity contribution in [1.82, 2.24) is 0 Å². The van der Waals surface area contributed by atoms with Gasteiger partial charge in [-0.05, 0) is 47.5 Å². The number of phenols is 2. The van der Waals surface area contributed by atoms with Crippen molar-refractivity contribution in [2.24, 2.45) is 5.92 Å². The molecule has 0 spiro atoms. The lowest BCUT2D eigenvalue weighted by Crippen LogP contribution is -2.71. The van der Waals surface area contributed by atoms with Crippen molar-refractivity contribution in [3.8, 4) is 11.5 Å². The Balaban J connectivity index is 1.58. The van der Waals surface area contributed by atoms with Crippen molar-refractivity contribution in [1.29, 1.82) is 0 Å².